The van der Waals surface area contributed by atoms with Crippen LogP contribution in [0.1, 0.15) is 90.4 Å². The van der Waals surface area contributed by atoms with E-state index >= 15 is 0 Å². The molecule has 3 nitrogen and oxygen atoms in total. The molecule has 1 aliphatic rings. The molecule has 0 unspecified atom stereocenters. The molecule has 0 radical (unpaired) electrons. The zero-order valence-corrected chi connectivity index (χ0v) is 13.9. The molecule has 0 bridgehead atoms. The van der Waals surface area contributed by atoms with Gasteiger partial charge in [-0.25, -0.2) is 0 Å². The minimum Gasteiger partial charge on any atom is -0.341 e. The molecule has 1 aliphatic heterocycles. The van der Waals surface area contributed by atoms with E-state index in [9.17, 15) is 4.79 Å². The first-order valence-corrected chi connectivity index (χ1v) is 9.07. The van der Waals surface area contributed by atoms with Crippen LogP contribution in [0.2, 0.25) is 0 Å². The van der Waals surface area contributed by atoms with E-state index < -0.39 is 5.79 Å². The number of carbonyl (C=O) groups excluding carboxylic acids is 1. The smallest absolute Gasteiger partial charge is 0.225 e. The summed E-state index contributed by atoms with van der Waals surface area (Å²) in [5, 5.41) is 0. The first kappa shape index (κ1) is 18.6. The van der Waals surface area contributed by atoms with Gasteiger partial charge < -0.3 is 9.47 Å². The molecule has 1 rings (SSSR count). The standard InChI is InChI=1S/C18H34O3/c1-2-3-4-5-6-7-8-9-10-11-12-13-14-18(17-19)20-15-16-21-18/h17H,2-16H2,1H3. The third-order valence-corrected chi connectivity index (χ3v) is 4.33. The Kier molecular flexibility index (Phi) is 10.8. The van der Waals surface area contributed by atoms with Crippen molar-refractivity contribution in [2.24, 2.45) is 0 Å². The Morgan fingerprint density at radius 1 is 0.762 bits per heavy atom. The van der Waals surface area contributed by atoms with E-state index in [-0.39, 0.29) is 0 Å². The van der Waals surface area contributed by atoms with Crippen molar-refractivity contribution in [3.63, 3.8) is 0 Å². The summed E-state index contributed by atoms with van der Waals surface area (Å²) in [6.45, 7) is 3.37. The lowest BCUT2D eigenvalue weighted by atomic mass is 10.0. The topological polar surface area (TPSA) is 35.5 Å². The molecular formula is C18H34O3. The third-order valence-electron chi connectivity index (χ3n) is 4.33. The van der Waals surface area contributed by atoms with E-state index in [1.54, 1.807) is 0 Å². The third kappa shape index (κ3) is 8.57. The van der Waals surface area contributed by atoms with Crippen molar-refractivity contribution in [1.82, 2.24) is 0 Å². The van der Waals surface area contributed by atoms with Gasteiger partial charge in [-0.15, -0.1) is 0 Å². The average molecular weight is 298 g/mol. The zero-order chi connectivity index (χ0) is 15.2. The predicted octanol–water partition coefficient (Wildman–Crippen LogP) is 5.02. The van der Waals surface area contributed by atoms with Gasteiger partial charge in [-0.1, -0.05) is 77.6 Å². The average Bonchev–Trinajstić information content (AvgIpc) is 2.98. The van der Waals surface area contributed by atoms with Gasteiger partial charge in [-0.3, -0.25) is 4.79 Å². The van der Waals surface area contributed by atoms with Crippen LogP contribution in [0.4, 0.5) is 0 Å². The lowest BCUT2D eigenvalue weighted by Gasteiger charge is -2.20. The van der Waals surface area contributed by atoms with Crippen molar-refractivity contribution >= 4 is 6.29 Å². The van der Waals surface area contributed by atoms with Crippen molar-refractivity contribution in [3.05, 3.63) is 0 Å². The molecule has 1 saturated heterocycles. The summed E-state index contributed by atoms with van der Waals surface area (Å²) in [6, 6.07) is 0. The molecule has 0 aromatic carbocycles. The maximum Gasteiger partial charge on any atom is 0.225 e. The van der Waals surface area contributed by atoms with E-state index in [4.69, 9.17) is 9.47 Å². The maximum absolute atomic E-state index is 11.0. The minimum atomic E-state index is -0.904. The number of hydrogen-bond acceptors (Lipinski definition) is 3. The highest BCUT2D eigenvalue weighted by Gasteiger charge is 2.35. The van der Waals surface area contributed by atoms with Crippen molar-refractivity contribution in [3.8, 4) is 0 Å². The molecule has 124 valence electrons. The molecular weight excluding hydrogens is 264 g/mol. The number of rotatable bonds is 14. The predicted molar refractivity (Wildman–Crippen MR) is 86.4 cm³/mol. The van der Waals surface area contributed by atoms with Crippen molar-refractivity contribution < 1.29 is 14.3 Å². The van der Waals surface area contributed by atoms with E-state index in [1.165, 1.54) is 70.6 Å². The molecule has 0 spiro atoms. The zero-order valence-electron chi connectivity index (χ0n) is 13.9. The van der Waals surface area contributed by atoms with E-state index in [2.05, 4.69) is 6.92 Å². The fourth-order valence-corrected chi connectivity index (χ4v) is 2.95. The Bertz CT molecular complexity index is 247. The minimum absolute atomic E-state index is 0.553. The van der Waals surface area contributed by atoms with Crippen LogP contribution in [-0.2, 0) is 14.3 Å². The number of unbranched alkanes of at least 4 members (excludes halogenated alkanes) is 11. The van der Waals surface area contributed by atoms with Gasteiger partial charge in [-0.05, 0) is 6.42 Å². The lowest BCUT2D eigenvalue weighted by Crippen LogP contribution is -2.31. The number of aldehydes is 1. The second-order valence-electron chi connectivity index (χ2n) is 6.27. The molecule has 1 heterocycles. The Balaban J connectivity index is 1.81. The van der Waals surface area contributed by atoms with Gasteiger partial charge in [0.05, 0.1) is 13.2 Å². The molecule has 21 heavy (non-hydrogen) atoms. The summed E-state index contributed by atoms with van der Waals surface area (Å²) in [5.74, 6) is -0.904. The summed E-state index contributed by atoms with van der Waals surface area (Å²) >= 11 is 0. The van der Waals surface area contributed by atoms with E-state index in [1.807, 2.05) is 0 Å². The monoisotopic (exact) mass is 298 g/mol. The quantitative estimate of drug-likeness (QED) is 0.334. The summed E-state index contributed by atoms with van der Waals surface area (Å²) in [5.41, 5.74) is 0. The van der Waals surface area contributed by atoms with E-state index in [0.29, 0.717) is 19.6 Å². The summed E-state index contributed by atoms with van der Waals surface area (Å²) in [7, 11) is 0. The summed E-state index contributed by atoms with van der Waals surface area (Å²) < 4.78 is 10.8. The molecule has 0 aromatic rings. The highest BCUT2D eigenvalue weighted by atomic mass is 16.7. The van der Waals surface area contributed by atoms with Gasteiger partial charge in [0.15, 0.2) is 6.29 Å². The molecule has 1 fully saturated rings. The van der Waals surface area contributed by atoms with Crippen molar-refractivity contribution in [2.45, 2.75) is 96.2 Å². The van der Waals surface area contributed by atoms with Crippen LogP contribution in [0.3, 0.4) is 0 Å². The van der Waals surface area contributed by atoms with Crippen LogP contribution in [0.25, 0.3) is 0 Å². The highest BCUT2D eigenvalue weighted by molar-refractivity contribution is 5.60. The molecule has 0 atom stereocenters. The van der Waals surface area contributed by atoms with Gasteiger partial charge in [0.2, 0.25) is 5.79 Å². The lowest BCUT2D eigenvalue weighted by molar-refractivity contribution is -0.169. The van der Waals surface area contributed by atoms with Gasteiger partial charge >= 0.3 is 0 Å². The molecule has 0 aromatic heterocycles. The largest absolute Gasteiger partial charge is 0.341 e. The number of hydrogen-bond donors (Lipinski definition) is 0. The van der Waals surface area contributed by atoms with Crippen LogP contribution in [0.5, 0.6) is 0 Å². The van der Waals surface area contributed by atoms with Gasteiger partial charge in [0, 0.05) is 6.42 Å². The van der Waals surface area contributed by atoms with Crippen LogP contribution in [0, 0.1) is 0 Å². The fraction of sp³-hybridized carbons (Fsp3) is 0.944. The second-order valence-corrected chi connectivity index (χ2v) is 6.27. The van der Waals surface area contributed by atoms with Crippen LogP contribution < -0.4 is 0 Å². The Hall–Kier alpha value is -0.410. The molecule has 0 N–H and O–H groups in total. The van der Waals surface area contributed by atoms with E-state index in [0.717, 1.165) is 12.7 Å². The van der Waals surface area contributed by atoms with Crippen LogP contribution in [-0.4, -0.2) is 25.3 Å². The van der Waals surface area contributed by atoms with Crippen molar-refractivity contribution in [2.75, 3.05) is 13.2 Å². The first-order chi connectivity index (χ1) is 10.3. The fourth-order valence-electron chi connectivity index (χ4n) is 2.95. The Labute approximate surface area is 130 Å². The van der Waals surface area contributed by atoms with Gasteiger partial charge in [-0.2, -0.15) is 0 Å². The number of carbonyl (C=O) groups is 1. The molecule has 0 amide bonds. The van der Waals surface area contributed by atoms with Gasteiger partial charge in [0.25, 0.3) is 0 Å². The summed E-state index contributed by atoms with van der Waals surface area (Å²) in [4.78, 5) is 11.0. The SMILES string of the molecule is CCCCCCCCCCCCCCC1(C=O)OCCO1. The molecule has 0 aliphatic carbocycles. The van der Waals surface area contributed by atoms with Gasteiger partial charge in [0.1, 0.15) is 0 Å². The van der Waals surface area contributed by atoms with Crippen molar-refractivity contribution in [1.29, 1.82) is 0 Å². The molecule has 0 saturated carbocycles. The Morgan fingerprint density at radius 3 is 1.62 bits per heavy atom. The normalized spacial score (nSPS) is 17.2. The van der Waals surface area contributed by atoms with Crippen LogP contribution >= 0.6 is 0 Å². The molecule has 3 heteroatoms. The highest BCUT2D eigenvalue weighted by Crippen LogP contribution is 2.24. The first-order valence-electron chi connectivity index (χ1n) is 9.07. The number of ether oxygens (including phenoxy) is 2. The second kappa shape index (κ2) is 12.2. The summed E-state index contributed by atoms with van der Waals surface area (Å²) in [6.07, 6.45) is 17.5. The van der Waals surface area contributed by atoms with Crippen LogP contribution in [0.15, 0.2) is 0 Å². The Morgan fingerprint density at radius 2 is 1.19 bits per heavy atom. The maximum atomic E-state index is 11.0.